The Bertz CT molecular complexity index is 2010. The van der Waals surface area contributed by atoms with Crippen molar-refractivity contribution >= 4 is 38.9 Å². The standard InChI is InChI=1S/C39H29N2/c1-39(2)35-17-9-6-14-31(35)32-25-24-30(26-36(32)39)40(27-12-4-3-5-13-27)28-20-22-29(23-21-28)41-37-18-10-7-15-33(37)34-16-8-11-19-38(34)41/h3-25H,1-2H3. The van der Waals surface area contributed by atoms with Crippen molar-refractivity contribution in [1.82, 2.24) is 4.57 Å². The van der Waals surface area contributed by atoms with E-state index in [2.05, 4.69) is 169 Å². The maximum atomic E-state index is 3.87. The number of anilines is 3. The van der Waals surface area contributed by atoms with Gasteiger partial charge in [0.05, 0.1) is 16.7 Å². The van der Waals surface area contributed by atoms with E-state index in [0.29, 0.717) is 0 Å². The van der Waals surface area contributed by atoms with Crippen molar-refractivity contribution in [3.63, 3.8) is 0 Å². The quantitative estimate of drug-likeness (QED) is 0.222. The number of para-hydroxylation sites is 3. The predicted molar refractivity (Wildman–Crippen MR) is 172 cm³/mol. The van der Waals surface area contributed by atoms with Gasteiger partial charge in [0, 0.05) is 39.3 Å². The number of nitrogens with zero attached hydrogens (tertiary/aromatic N) is 2. The molecule has 0 atom stereocenters. The van der Waals surface area contributed by atoms with Crippen molar-refractivity contribution in [2.75, 3.05) is 4.90 Å². The fourth-order valence-electron chi connectivity index (χ4n) is 6.68. The Morgan fingerprint density at radius 2 is 1.12 bits per heavy atom. The molecule has 1 aromatic heterocycles. The first-order valence-corrected chi connectivity index (χ1v) is 14.2. The van der Waals surface area contributed by atoms with Crippen molar-refractivity contribution in [2.24, 2.45) is 0 Å². The van der Waals surface area contributed by atoms with Crippen molar-refractivity contribution in [2.45, 2.75) is 19.3 Å². The molecule has 0 amide bonds. The Kier molecular flexibility index (Phi) is 5.20. The van der Waals surface area contributed by atoms with Crippen LogP contribution in [0.2, 0.25) is 0 Å². The molecular weight excluding hydrogens is 496 g/mol. The van der Waals surface area contributed by atoms with E-state index in [1.54, 1.807) is 0 Å². The molecule has 8 rings (SSSR count). The maximum absolute atomic E-state index is 3.87. The highest BCUT2D eigenvalue weighted by Crippen LogP contribution is 2.50. The lowest BCUT2D eigenvalue weighted by molar-refractivity contribution is 0.659. The summed E-state index contributed by atoms with van der Waals surface area (Å²) in [7, 11) is 0. The summed E-state index contributed by atoms with van der Waals surface area (Å²) >= 11 is 0. The minimum atomic E-state index is -0.106. The molecule has 1 radical (unpaired) electrons. The van der Waals surface area contributed by atoms with Crippen LogP contribution in [-0.4, -0.2) is 4.57 Å². The normalized spacial score (nSPS) is 13.3. The van der Waals surface area contributed by atoms with Crippen molar-refractivity contribution in [3.8, 4) is 16.8 Å². The molecule has 2 nitrogen and oxygen atoms in total. The van der Waals surface area contributed by atoms with Crippen LogP contribution in [0, 0.1) is 6.07 Å². The van der Waals surface area contributed by atoms with Gasteiger partial charge in [0.2, 0.25) is 0 Å². The minimum Gasteiger partial charge on any atom is -0.310 e. The van der Waals surface area contributed by atoms with Crippen LogP contribution >= 0.6 is 0 Å². The summed E-state index contributed by atoms with van der Waals surface area (Å²) in [6, 6.07) is 54.0. The van der Waals surface area contributed by atoms with Crippen LogP contribution < -0.4 is 4.90 Å². The highest BCUT2D eigenvalue weighted by molar-refractivity contribution is 6.09. The minimum absolute atomic E-state index is 0.106. The first-order chi connectivity index (χ1) is 20.1. The first kappa shape index (κ1) is 23.8. The van der Waals surface area contributed by atoms with Crippen molar-refractivity contribution in [3.05, 3.63) is 157 Å². The van der Waals surface area contributed by atoms with Gasteiger partial charge >= 0.3 is 0 Å². The van der Waals surface area contributed by atoms with E-state index in [9.17, 15) is 0 Å². The van der Waals surface area contributed by atoms with Crippen LogP contribution in [0.15, 0.2) is 140 Å². The summed E-state index contributed by atoms with van der Waals surface area (Å²) < 4.78 is 2.36. The highest BCUT2D eigenvalue weighted by Gasteiger charge is 2.36. The molecule has 0 aliphatic heterocycles. The van der Waals surface area contributed by atoms with E-state index in [-0.39, 0.29) is 5.41 Å². The number of hydrogen-bond donors (Lipinski definition) is 0. The van der Waals surface area contributed by atoms with E-state index >= 15 is 0 Å². The average molecular weight is 526 g/mol. The Morgan fingerprint density at radius 3 is 1.83 bits per heavy atom. The summed E-state index contributed by atoms with van der Waals surface area (Å²) in [4.78, 5) is 2.31. The molecule has 0 saturated heterocycles. The van der Waals surface area contributed by atoms with Gasteiger partial charge in [-0.15, -0.1) is 0 Å². The summed E-state index contributed by atoms with van der Waals surface area (Å²) in [5.74, 6) is 0. The molecule has 0 bridgehead atoms. The molecule has 1 aliphatic carbocycles. The smallest absolute Gasteiger partial charge is 0.0544 e. The maximum Gasteiger partial charge on any atom is 0.0544 e. The largest absolute Gasteiger partial charge is 0.310 e. The van der Waals surface area contributed by atoms with Gasteiger partial charge in [-0.1, -0.05) is 98.8 Å². The van der Waals surface area contributed by atoms with Gasteiger partial charge in [-0.25, -0.2) is 0 Å². The third-order valence-corrected chi connectivity index (χ3v) is 8.65. The number of hydrogen-bond acceptors (Lipinski definition) is 1. The lowest BCUT2D eigenvalue weighted by Crippen LogP contribution is -2.17. The zero-order chi connectivity index (χ0) is 27.6. The topological polar surface area (TPSA) is 8.17 Å². The third kappa shape index (κ3) is 3.57. The second-order valence-electron chi connectivity index (χ2n) is 11.4. The molecule has 0 unspecified atom stereocenters. The summed E-state index contributed by atoms with van der Waals surface area (Å²) in [6.45, 7) is 4.62. The van der Waals surface area contributed by atoms with Crippen molar-refractivity contribution < 1.29 is 0 Å². The fraction of sp³-hybridized carbons (Fsp3) is 0.0769. The number of rotatable bonds is 4. The molecule has 195 valence electrons. The van der Waals surface area contributed by atoms with Gasteiger partial charge in [0.25, 0.3) is 0 Å². The highest BCUT2D eigenvalue weighted by atomic mass is 15.1. The van der Waals surface area contributed by atoms with Crippen LogP contribution in [-0.2, 0) is 5.41 Å². The van der Waals surface area contributed by atoms with Crippen LogP contribution in [0.5, 0.6) is 0 Å². The second-order valence-corrected chi connectivity index (χ2v) is 11.4. The van der Waals surface area contributed by atoms with E-state index in [4.69, 9.17) is 0 Å². The molecule has 2 heteroatoms. The van der Waals surface area contributed by atoms with Crippen molar-refractivity contribution in [1.29, 1.82) is 0 Å². The molecule has 1 aliphatic rings. The molecule has 41 heavy (non-hydrogen) atoms. The number of fused-ring (bicyclic) bond motifs is 6. The zero-order valence-corrected chi connectivity index (χ0v) is 23.2. The van der Waals surface area contributed by atoms with Gasteiger partial charge in [-0.05, 0) is 76.9 Å². The fourth-order valence-corrected chi connectivity index (χ4v) is 6.68. The lowest BCUT2D eigenvalue weighted by atomic mass is 9.82. The molecule has 0 spiro atoms. The number of aromatic nitrogens is 1. The summed E-state index contributed by atoms with van der Waals surface area (Å²) in [5.41, 5.74) is 11.9. The number of benzene rings is 6. The Morgan fingerprint density at radius 1 is 0.537 bits per heavy atom. The molecule has 1 heterocycles. The summed E-state index contributed by atoms with van der Waals surface area (Å²) in [5, 5.41) is 2.55. The SMILES string of the molecule is CC1(C)c2[c]c(N(c3ccccc3)c3ccc(-n4c5ccccc5c5ccccc54)cc3)ccc2-c2ccccc21. The van der Waals surface area contributed by atoms with Gasteiger partial charge in [0.1, 0.15) is 0 Å². The van der Waals surface area contributed by atoms with Crippen LogP contribution in [0.3, 0.4) is 0 Å². The van der Waals surface area contributed by atoms with Crippen LogP contribution in [0.25, 0.3) is 38.6 Å². The molecule has 0 saturated carbocycles. The second kappa shape index (κ2) is 8.97. The molecule has 0 N–H and O–H groups in total. The van der Waals surface area contributed by atoms with E-state index in [1.807, 2.05) is 0 Å². The Hall–Kier alpha value is -5.08. The predicted octanol–water partition coefficient (Wildman–Crippen LogP) is 10.4. The summed E-state index contributed by atoms with van der Waals surface area (Å²) in [6.07, 6.45) is 0. The molecular formula is C39H29N2. The first-order valence-electron chi connectivity index (χ1n) is 14.2. The van der Waals surface area contributed by atoms with Gasteiger partial charge in [-0.3, -0.25) is 0 Å². The molecule has 0 fully saturated rings. The lowest BCUT2D eigenvalue weighted by Gasteiger charge is -2.28. The van der Waals surface area contributed by atoms with Crippen LogP contribution in [0.4, 0.5) is 17.1 Å². The van der Waals surface area contributed by atoms with E-state index in [0.717, 1.165) is 22.7 Å². The van der Waals surface area contributed by atoms with E-state index in [1.165, 1.54) is 44.1 Å². The molecule has 7 aromatic rings. The average Bonchev–Trinajstić information content (AvgIpc) is 3.47. The Labute approximate surface area is 240 Å². The van der Waals surface area contributed by atoms with Gasteiger partial charge < -0.3 is 9.47 Å². The third-order valence-electron chi connectivity index (χ3n) is 8.65. The van der Waals surface area contributed by atoms with Gasteiger partial charge in [0.15, 0.2) is 0 Å². The molecule has 6 aromatic carbocycles. The monoisotopic (exact) mass is 525 g/mol. The van der Waals surface area contributed by atoms with Crippen LogP contribution in [0.1, 0.15) is 25.0 Å². The Balaban J connectivity index is 1.27. The van der Waals surface area contributed by atoms with Gasteiger partial charge in [-0.2, -0.15) is 0 Å². The zero-order valence-electron chi connectivity index (χ0n) is 23.2. The van der Waals surface area contributed by atoms with E-state index < -0.39 is 0 Å².